The Labute approximate surface area is 221 Å². The van der Waals surface area contributed by atoms with Crippen LogP contribution in [0.15, 0.2) is 72.8 Å². The van der Waals surface area contributed by atoms with Crippen LogP contribution < -0.4 is 24.4 Å². The van der Waals surface area contributed by atoms with Gasteiger partial charge in [0.2, 0.25) is 5.75 Å². The lowest BCUT2D eigenvalue weighted by Gasteiger charge is -2.38. The molecule has 1 atom stereocenters. The highest BCUT2D eigenvalue weighted by atomic mass is 16.5. The van der Waals surface area contributed by atoms with Gasteiger partial charge in [0.25, 0.3) is 0 Å². The molecule has 1 saturated heterocycles. The van der Waals surface area contributed by atoms with Gasteiger partial charge in [0.1, 0.15) is 0 Å². The molecule has 1 aliphatic heterocycles. The van der Waals surface area contributed by atoms with Crippen LogP contribution in [0.1, 0.15) is 19.4 Å². The molecule has 0 aromatic heterocycles. The second kappa shape index (κ2) is 10.9. The van der Waals surface area contributed by atoms with Gasteiger partial charge < -0.3 is 24.4 Å². The molecule has 200 valence electrons. The normalized spacial score (nSPS) is 16.3. The summed E-state index contributed by atoms with van der Waals surface area (Å²) < 4.78 is 16.4. The monoisotopic (exact) mass is 520 g/mol. The SMILES string of the molecule is COc1cc(CN2C(=O)N(c3ccccc3)[C@H](N(O)C(=O)Nc3ccccc3)C2(C)C)cc(OC)c1OC. The zero-order valence-corrected chi connectivity index (χ0v) is 22.0. The Hall–Kier alpha value is -4.44. The van der Waals surface area contributed by atoms with E-state index in [0.717, 1.165) is 0 Å². The lowest BCUT2D eigenvalue weighted by atomic mass is 9.99. The van der Waals surface area contributed by atoms with Gasteiger partial charge in [-0.1, -0.05) is 36.4 Å². The molecule has 0 radical (unpaired) electrons. The number of nitrogens with zero attached hydrogens (tertiary/aromatic N) is 3. The molecule has 2 N–H and O–H groups in total. The highest BCUT2D eigenvalue weighted by molar-refractivity contribution is 5.98. The molecule has 10 heteroatoms. The Morgan fingerprint density at radius 2 is 1.50 bits per heavy atom. The first-order chi connectivity index (χ1) is 18.2. The quantitative estimate of drug-likeness (QED) is 0.313. The number of rotatable bonds is 8. The fourth-order valence-electron chi connectivity index (χ4n) is 4.68. The van der Waals surface area contributed by atoms with Gasteiger partial charge in [0, 0.05) is 17.9 Å². The zero-order valence-electron chi connectivity index (χ0n) is 22.0. The average molecular weight is 521 g/mol. The van der Waals surface area contributed by atoms with Crippen molar-refractivity contribution in [2.24, 2.45) is 0 Å². The van der Waals surface area contributed by atoms with Gasteiger partial charge in [-0.15, -0.1) is 0 Å². The summed E-state index contributed by atoms with van der Waals surface area (Å²) in [5.74, 6) is 1.34. The first-order valence-corrected chi connectivity index (χ1v) is 12.0. The molecule has 3 aromatic rings. The van der Waals surface area contributed by atoms with Crippen LogP contribution in [0.4, 0.5) is 21.0 Å². The summed E-state index contributed by atoms with van der Waals surface area (Å²) in [7, 11) is 4.56. The third-order valence-corrected chi connectivity index (χ3v) is 6.57. The van der Waals surface area contributed by atoms with E-state index in [0.29, 0.717) is 39.2 Å². The molecule has 0 aliphatic carbocycles. The lowest BCUT2D eigenvalue weighted by molar-refractivity contribution is -0.0954. The Morgan fingerprint density at radius 1 is 0.947 bits per heavy atom. The number of para-hydroxylation sites is 2. The van der Waals surface area contributed by atoms with E-state index < -0.39 is 17.7 Å². The van der Waals surface area contributed by atoms with E-state index in [1.807, 2.05) is 12.1 Å². The molecule has 1 heterocycles. The van der Waals surface area contributed by atoms with E-state index in [4.69, 9.17) is 14.2 Å². The van der Waals surface area contributed by atoms with Crippen molar-refractivity contribution in [1.29, 1.82) is 0 Å². The molecule has 4 amide bonds. The van der Waals surface area contributed by atoms with Gasteiger partial charge in [-0.2, -0.15) is 5.06 Å². The number of carbonyl (C=O) groups excluding carboxylic acids is 2. The number of amides is 4. The second-order valence-electron chi connectivity index (χ2n) is 9.28. The largest absolute Gasteiger partial charge is 0.493 e. The van der Waals surface area contributed by atoms with Crippen molar-refractivity contribution in [3.63, 3.8) is 0 Å². The predicted octanol–water partition coefficient (Wildman–Crippen LogP) is 5.18. The van der Waals surface area contributed by atoms with Gasteiger partial charge in [-0.25, -0.2) is 9.59 Å². The minimum absolute atomic E-state index is 0.149. The number of benzene rings is 3. The van der Waals surface area contributed by atoms with Crippen LogP contribution >= 0.6 is 0 Å². The summed E-state index contributed by atoms with van der Waals surface area (Å²) >= 11 is 0. The average Bonchev–Trinajstić information content (AvgIpc) is 3.13. The minimum atomic E-state index is -1.05. The van der Waals surface area contributed by atoms with Crippen molar-refractivity contribution in [2.75, 3.05) is 31.5 Å². The first kappa shape index (κ1) is 26.6. The number of urea groups is 2. The summed E-state index contributed by atoms with van der Waals surface area (Å²) in [5, 5.41) is 14.5. The molecule has 1 fully saturated rings. The van der Waals surface area contributed by atoms with Crippen molar-refractivity contribution < 1.29 is 29.0 Å². The van der Waals surface area contributed by atoms with E-state index in [1.54, 1.807) is 79.4 Å². The maximum absolute atomic E-state index is 13.9. The standard InChI is InChI=1S/C28H32N4O6/c1-28(2)25(32(35)26(33)29-20-12-8-6-9-13-20)31(21-14-10-7-11-15-21)27(34)30(28)18-19-16-22(36-3)24(38-5)23(17-19)37-4/h6-17,25,35H,18H2,1-5H3,(H,29,33)/t25-/m1/s1. The van der Waals surface area contributed by atoms with E-state index in [-0.39, 0.29) is 12.6 Å². The molecule has 0 saturated carbocycles. The van der Waals surface area contributed by atoms with Crippen LogP contribution in [0.25, 0.3) is 0 Å². The van der Waals surface area contributed by atoms with Crippen molar-refractivity contribution in [2.45, 2.75) is 32.1 Å². The number of anilines is 2. The lowest BCUT2D eigenvalue weighted by Crippen LogP contribution is -2.58. The third-order valence-electron chi connectivity index (χ3n) is 6.57. The number of nitrogens with one attached hydrogen (secondary N) is 1. The number of hydrogen-bond acceptors (Lipinski definition) is 6. The van der Waals surface area contributed by atoms with Crippen LogP contribution in [0, 0.1) is 0 Å². The summed E-state index contributed by atoms with van der Waals surface area (Å²) in [6.45, 7) is 3.75. The highest BCUT2D eigenvalue weighted by Gasteiger charge is 2.56. The van der Waals surface area contributed by atoms with Crippen molar-refractivity contribution >= 4 is 23.4 Å². The molecule has 0 bridgehead atoms. The van der Waals surface area contributed by atoms with E-state index >= 15 is 0 Å². The molecular formula is C28H32N4O6. The third kappa shape index (κ3) is 4.90. The van der Waals surface area contributed by atoms with Crippen molar-refractivity contribution in [1.82, 2.24) is 9.96 Å². The summed E-state index contributed by atoms with van der Waals surface area (Å²) in [6, 6.07) is 20.1. The minimum Gasteiger partial charge on any atom is -0.493 e. The molecule has 10 nitrogen and oxygen atoms in total. The Bertz CT molecular complexity index is 1260. The van der Waals surface area contributed by atoms with Crippen molar-refractivity contribution in [3.8, 4) is 17.2 Å². The number of hydrogen-bond donors (Lipinski definition) is 2. The Kier molecular flexibility index (Phi) is 7.63. The summed E-state index contributed by atoms with van der Waals surface area (Å²) in [6.07, 6.45) is -1.05. The molecular weight excluding hydrogens is 488 g/mol. The van der Waals surface area contributed by atoms with E-state index in [9.17, 15) is 14.8 Å². The Morgan fingerprint density at radius 3 is 2.03 bits per heavy atom. The molecule has 38 heavy (non-hydrogen) atoms. The maximum atomic E-state index is 13.9. The topological polar surface area (TPSA) is 104 Å². The zero-order chi connectivity index (χ0) is 27.4. The van der Waals surface area contributed by atoms with Gasteiger partial charge in [0.15, 0.2) is 17.7 Å². The van der Waals surface area contributed by atoms with Gasteiger partial charge in [0.05, 0.1) is 26.9 Å². The summed E-state index contributed by atoms with van der Waals surface area (Å²) in [5.41, 5.74) is 0.734. The number of carbonyl (C=O) groups is 2. The second-order valence-corrected chi connectivity index (χ2v) is 9.28. The van der Waals surface area contributed by atoms with E-state index in [2.05, 4.69) is 5.32 Å². The molecule has 0 spiro atoms. The Balaban J connectivity index is 1.72. The van der Waals surface area contributed by atoms with Crippen LogP contribution in [0.5, 0.6) is 17.2 Å². The summed E-state index contributed by atoms with van der Waals surface area (Å²) in [4.78, 5) is 30.1. The molecule has 3 aromatic carbocycles. The maximum Gasteiger partial charge on any atom is 0.347 e. The highest BCUT2D eigenvalue weighted by Crippen LogP contribution is 2.42. The van der Waals surface area contributed by atoms with Gasteiger partial charge >= 0.3 is 12.1 Å². The predicted molar refractivity (Wildman–Crippen MR) is 143 cm³/mol. The molecule has 1 aliphatic rings. The molecule has 4 rings (SSSR count). The van der Waals surface area contributed by atoms with Crippen LogP contribution in [0.3, 0.4) is 0 Å². The van der Waals surface area contributed by atoms with Crippen LogP contribution in [-0.2, 0) is 6.54 Å². The van der Waals surface area contributed by atoms with E-state index in [1.165, 1.54) is 26.2 Å². The fraction of sp³-hybridized carbons (Fsp3) is 0.286. The number of methoxy groups -OCH3 is 3. The van der Waals surface area contributed by atoms with Crippen molar-refractivity contribution in [3.05, 3.63) is 78.4 Å². The number of ether oxygens (including phenoxy) is 3. The smallest absolute Gasteiger partial charge is 0.347 e. The fourth-order valence-corrected chi connectivity index (χ4v) is 4.68. The van der Waals surface area contributed by atoms with Gasteiger partial charge in [-0.05, 0) is 55.8 Å². The van der Waals surface area contributed by atoms with Gasteiger partial charge in [-0.3, -0.25) is 10.1 Å². The van der Waals surface area contributed by atoms with Crippen LogP contribution in [0.2, 0.25) is 0 Å². The first-order valence-electron chi connectivity index (χ1n) is 12.0. The molecule has 0 unspecified atom stereocenters. The number of hydroxylamine groups is 2. The van der Waals surface area contributed by atoms with Crippen LogP contribution in [-0.4, -0.2) is 60.3 Å².